The molecule has 4 nitrogen and oxygen atoms in total. The lowest BCUT2D eigenvalue weighted by Gasteiger charge is -2.15. The van der Waals surface area contributed by atoms with Crippen molar-refractivity contribution in [1.29, 1.82) is 0 Å². The van der Waals surface area contributed by atoms with Gasteiger partial charge < -0.3 is 10.1 Å². The Balaban J connectivity index is 1.96. The van der Waals surface area contributed by atoms with Crippen molar-refractivity contribution in [1.82, 2.24) is 15.3 Å². The van der Waals surface area contributed by atoms with E-state index < -0.39 is 0 Å². The molecule has 1 atom stereocenters. The lowest BCUT2D eigenvalue weighted by Crippen LogP contribution is -2.17. The third kappa shape index (κ3) is 3.76. The highest BCUT2D eigenvalue weighted by Gasteiger charge is 2.09. The third-order valence-corrected chi connectivity index (χ3v) is 3.21. The highest BCUT2D eigenvalue weighted by Crippen LogP contribution is 2.19. The van der Waals surface area contributed by atoms with Gasteiger partial charge in [-0.2, -0.15) is 0 Å². The molecule has 0 aliphatic heterocycles. The molecule has 19 heavy (non-hydrogen) atoms. The zero-order valence-electron chi connectivity index (χ0n) is 11.3. The molecule has 2 aromatic rings. The number of methoxy groups -OCH3 is 1. The van der Waals surface area contributed by atoms with Crippen LogP contribution in [0.2, 0.25) is 0 Å². The zero-order chi connectivity index (χ0) is 13.5. The lowest BCUT2D eigenvalue weighted by molar-refractivity contribution is 0.414. The van der Waals surface area contributed by atoms with E-state index in [2.05, 4.69) is 27.4 Å². The molecule has 0 saturated carbocycles. The van der Waals surface area contributed by atoms with E-state index in [1.54, 1.807) is 13.4 Å². The summed E-state index contributed by atoms with van der Waals surface area (Å²) >= 11 is 0. The predicted octanol–water partition coefficient (Wildman–Crippen LogP) is 2.38. The molecule has 1 aromatic carbocycles. The predicted molar refractivity (Wildman–Crippen MR) is 75.1 cm³/mol. The van der Waals surface area contributed by atoms with Gasteiger partial charge in [0.15, 0.2) is 0 Å². The van der Waals surface area contributed by atoms with Crippen molar-refractivity contribution >= 4 is 0 Å². The number of hydrogen-bond acceptors (Lipinski definition) is 4. The van der Waals surface area contributed by atoms with Crippen LogP contribution in [-0.2, 0) is 6.42 Å². The molecule has 0 spiro atoms. The van der Waals surface area contributed by atoms with Crippen LogP contribution in [-0.4, -0.2) is 24.1 Å². The molecule has 0 amide bonds. The van der Waals surface area contributed by atoms with E-state index in [1.165, 1.54) is 5.56 Å². The number of nitrogens with zero attached hydrogens (tertiary/aromatic N) is 2. The zero-order valence-corrected chi connectivity index (χ0v) is 11.3. The van der Waals surface area contributed by atoms with E-state index in [0.717, 1.165) is 24.2 Å². The van der Waals surface area contributed by atoms with E-state index in [9.17, 15) is 0 Å². The molecule has 0 radical (unpaired) electrons. The minimum absolute atomic E-state index is 0.281. The monoisotopic (exact) mass is 257 g/mol. The highest BCUT2D eigenvalue weighted by atomic mass is 16.5. The molecular weight excluding hydrogens is 238 g/mol. The normalized spacial score (nSPS) is 12.1. The van der Waals surface area contributed by atoms with Gasteiger partial charge in [0.05, 0.1) is 7.11 Å². The number of hydrogen-bond donors (Lipinski definition) is 1. The summed E-state index contributed by atoms with van der Waals surface area (Å²) in [5.74, 6) is 0.894. The molecule has 1 unspecified atom stereocenters. The maximum atomic E-state index is 5.16. The molecule has 0 aliphatic carbocycles. The van der Waals surface area contributed by atoms with Gasteiger partial charge in [0.2, 0.25) is 0 Å². The summed E-state index contributed by atoms with van der Waals surface area (Å²) in [5.41, 5.74) is 2.43. The Morgan fingerprint density at radius 2 is 1.84 bits per heavy atom. The fourth-order valence-electron chi connectivity index (χ4n) is 2.07. The molecule has 0 fully saturated rings. The number of rotatable bonds is 6. The van der Waals surface area contributed by atoms with E-state index >= 15 is 0 Å². The second kappa shape index (κ2) is 6.85. The summed E-state index contributed by atoms with van der Waals surface area (Å²) in [4.78, 5) is 8.13. The van der Waals surface area contributed by atoms with Crippen LogP contribution in [0, 0.1) is 0 Å². The Kier molecular flexibility index (Phi) is 4.86. The molecule has 0 bridgehead atoms. The Labute approximate surface area is 113 Å². The number of benzene rings is 1. The van der Waals surface area contributed by atoms with Gasteiger partial charge in [-0.1, -0.05) is 12.1 Å². The van der Waals surface area contributed by atoms with Crippen LogP contribution in [0.4, 0.5) is 0 Å². The van der Waals surface area contributed by atoms with Crippen molar-refractivity contribution in [2.45, 2.75) is 18.9 Å². The van der Waals surface area contributed by atoms with Gasteiger partial charge in [-0.25, -0.2) is 9.97 Å². The maximum absolute atomic E-state index is 5.16. The minimum atomic E-state index is 0.281. The Morgan fingerprint density at radius 3 is 2.42 bits per heavy atom. The highest BCUT2D eigenvalue weighted by molar-refractivity contribution is 5.27. The average molecular weight is 257 g/mol. The summed E-state index contributed by atoms with van der Waals surface area (Å²) in [6, 6.07) is 8.48. The summed E-state index contributed by atoms with van der Waals surface area (Å²) in [7, 11) is 3.65. The Bertz CT molecular complexity index is 485. The fraction of sp³-hybridized carbons (Fsp3) is 0.333. The number of nitrogens with one attached hydrogen (secondary N) is 1. The molecule has 100 valence electrons. The van der Waals surface area contributed by atoms with E-state index in [0.29, 0.717) is 0 Å². The van der Waals surface area contributed by atoms with Crippen LogP contribution in [0.3, 0.4) is 0 Å². The average Bonchev–Trinajstić information content (AvgIpc) is 2.49. The molecular formula is C15H19N3O. The minimum Gasteiger partial charge on any atom is -0.497 e. The molecule has 1 N–H and O–H groups in total. The van der Waals surface area contributed by atoms with Crippen LogP contribution < -0.4 is 10.1 Å². The molecule has 1 heterocycles. The summed E-state index contributed by atoms with van der Waals surface area (Å²) in [6.45, 7) is 0. The molecule has 0 aliphatic rings. The van der Waals surface area contributed by atoms with Crippen molar-refractivity contribution < 1.29 is 4.74 Å². The van der Waals surface area contributed by atoms with Crippen LogP contribution in [0.15, 0.2) is 43.0 Å². The molecule has 0 saturated heterocycles. The van der Waals surface area contributed by atoms with Crippen LogP contribution in [0.25, 0.3) is 0 Å². The quantitative estimate of drug-likeness (QED) is 0.863. The van der Waals surface area contributed by atoms with Crippen LogP contribution in [0.1, 0.15) is 23.6 Å². The SMILES string of the molecule is CNC(CCc1ccc(OC)cc1)c1cncnc1. The van der Waals surface area contributed by atoms with Gasteiger partial charge in [0, 0.05) is 24.0 Å². The summed E-state index contributed by atoms with van der Waals surface area (Å²) in [5, 5.41) is 3.31. The van der Waals surface area contributed by atoms with E-state index in [-0.39, 0.29) is 6.04 Å². The molecule has 4 heteroatoms. The van der Waals surface area contributed by atoms with E-state index in [1.807, 2.05) is 31.6 Å². The second-order valence-electron chi connectivity index (χ2n) is 4.40. The first-order valence-electron chi connectivity index (χ1n) is 6.38. The van der Waals surface area contributed by atoms with Crippen molar-refractivity contribution in [3.05, 3.63) is 54.1 Å². The van der Waals surface area contributed by atoms with Crippen molar-refractivity contribution in [2.75, 3.05) is 14.2 Å². The van der Waals surface area contributed by atoms with Gasteiger partial charge in [-0.05, 0) is 37.6 Å². The largest absolute Gasteiger partial charge is 0.497 e. The van der Waals surface area contributed by atoms with E-state index in [4.69, 9.17) is 4.74 Å². The Hall–Kier alpha value is -1.94. The molecule has 2 rings (SSSR count). The first-order chi connectivity index (χ1) is 9.33. The number of aromatic nitrogens is 2. The van der Waals surface area contributed by atoms with Gasteiger partial charge >= 0.3 is 0 Å². The van der Waals surface area contributed by atoms with Crippen molar-refractivity contribution in [2.24, 2.45) is 0 Å². The maximum Gasteiger partial charge on any atom is 0.118 e. The summed E-state index contributed by atoms with van der Waals surface area (Å²) in [6.07, 6.45) is 7.30. The van der Waals surface area contributed by atoms with Crippen molar-refractivity contribution in [3.63, 3.8) is 0 Å². The van der Waals surface area contributed by atoms with Gasteiger partial charge in [0.1, 0.15) is 12.1 Å². The van der Waals surface area contributed by atoms with Crippen molar-refractivity contribution in [3.8, 4) is 5.75 Å². The number of aryl methyl sites for hydroxylation is 1. The lowest BCUT2D eigenvalue weighted by atomic mass is 10.0. The Morgan fingerprint density at radius 1 is 1.16 bits per heavy atom. The van der Waals surface area contributed by atoms with Crippen LogP contribution >= 0.6 is 0 Å². The number of ether oxygens (including phenoxy) is 1. The third-order valence-electron chi connectivity index (χ3n) is 3.21. The summed E-state index contributed by atoms with van der Waals surface area (Å²) < 4.78 is 5.16. The van der Waals surface area contributed by atoms with Gasteiger partial charge in [0.25, 0.3) is 0 Å². The van der Waals surface area contributed by atoms with Gasteiger partial charge in [-0.3, -0.25) is 0 Å². The second-order valence-corrected chi connectivity index (χ2v) is 4.40. The smallest absolute Gasteiger partial charge is 0.118 e. The van der Waals surface area contributed by atoms with Gasteiger partial charge in [-0.15, -0.1) is 0 Å². The first kappa shape index (κ1) is 13.5. The van der Waals surface area contributed by atoms with Crippen LogP contribution in [0.5, 0.6) is 5.75 Å². The standard InChI is InChI=1S/C15H19N3O/c1-16-15(13-9-17-11-18-10-13)8-5-12-3-6-14(19-2)7-4-12/h3-4,6-7,9-11,15-16H,5,8H2,1-2H3. The topological polar surface area (TPSA) is 47.0 Å². The first-order valence-corrected chi connectivity index (χ1v) is 6.38. The fourth-order valence-corrected chi connectivity index (χ4v) is 2.07. The molecule has 1 aromatic heterocycles.